The molecule has 0 aliphatic rings. The topological polar surface area (TPSA) is 58.2 Å². The Labute approximate surface area is 151 Å². The third kappa shape index (κ3) is 5.96. The molecular formula is C20H28N2O2S. The van der Waals surface area contributed by atoms with E-state index in [-0.39, 0.29) is 0 Å². The van der Waals surface area contributed by atoms with Crippen LogP contribution in [0.25, 0.3) is 0 Å². The smallest absolute Gasteiger partial charge is 0.241 e. The largest absolute Gasteiger partial charge is 0.309 e. The maximum absolute atomic E-state index is 12.7. The van der Waals surface area contributed by atoms with Crippen molar-refractivity contribution in [3.05, 3.63) is 64.7 Å². The molecular weight excluding hydrogens is 332 g/mol. The molecule has 2 rings (SSSR count). The monoisotopic (exact) mass is 360 g/mol. The normalized spacial score (nSPS) is 12.4. The third-order valence-corrected chi connectivity index (χ3v) is 5.49. The van der Waals surface area contributed by atoms with E-state index >= 15 is 0 Å². The summed E-state index contributed by atoms with van der Waals surface area (Å²) in [5.74, 6) is 0. The molecule has 0 bridgehead atoms. The van der Waals surface area contributed by atoms with Gasteiger partial charge in [0.25, 0.3) is 0 Å². The van der Waals surface area contributed by atoms with Crippen LogP contribution in [0, 0.1) is 13.8 Å². The van der Waals surface area contributed by atoms with E-state index in [1.54, 1.807) is 12.1 Å². The summed E-state index contributed by atoms with van der Waals surface area (Å²) < 4.78 is 28.0. The van der Waals surface area contributed by atoms with E-state index in [1.165, 1.54) is 16.7 Å². The number of rotatable bonds is 6. The Kier molecular flexibility index (Phi) is 6.03. The highest BCUT2D eigenvalue weighted by Gasteiger charge is 2.23. The van der Waals surface area contributed by atoms with Crippen molar-refractivity contribution in [3.63, 3.8) is 0 Å². The van der Waals surface area contributed by atoms with Crippen molar-refractivity contribution in [2.75, 3.05) is 0 Å². The zero-order valence-corrected chi connectivity index (χ0v) is 16.5. The van der Waals surface area contributed by atoms with Crippen molar-refractivity contribution in [2.24, 2.45) is 0 Å². The highest BCUT2D eigenvalue weighted by atomic mass is 32.2. The fourth-order valence-electron chi connectivity index (χ4n) is 2.88. The molecule has 0 saturated heterocycles. The quantitative estimate of drug-likeness (QED) is 0.826. The number of sulfonamides is 1. The van der Waals surface area contributed by atoms with E-state index in [4.69, 9.17) is 0 Å². The second-order valence-electron chi connectivity index (χ2n) is 7.56. The minimum absolute atomic E-state index is 0.331. The summed E-state index contributed by atoms with van der Waals surface area (Å²) in [6.45, 7) is 10.9. The molecule has 0 aliphatic heterocycles. The van der Waals surface area contributed by atoms with Crippen LogP contribution in [0.2, 0.25) is 0 Å². The van der Waals surface area contributed by atoms with Gasteiger partial charge >= 0.3 is 0 Å². The SMILES string of the molecule is Cc1cc(C)cc(CNCc2ccccc2S(=O)(=O)NC(C)(C)C)c1. The fraction of sp³-hybridized carbons (Fsp3) is 0.400. The number of aryl methyl sites for hydroxylation is 2. The van der Waals surface area contributed by atoms with Gasteiger partial charge in [0.2, 0.25) is 10.0 Å². The van der Waals surface area contributed by atoms with Crippen LogP contribution in [0.1, 0.15) is 43.0 Å². The van der Waals surface area contributed by atoms with E-state index in [0.29, 0.717) is 18.0 Å². The number of benzene rings is 2. The first-order valence-corrected chi connectivity index (χ1v) is 9.95. The van der Waals surface area contributed by atoms with Gasteiger partial charge in [-0.05, 0) is 51.8 Å². The maximum Gasteiger partial charge on any atom is 0.241 e. The van der Waals surface area contributed by atoms with E-state index in [0.717, 1.165) is 5.56 Å². The molecule has 0 fully saturated rings. The van der Waals surface area contributed by atoms with Crippen molar-refractivity contribution >= 4 is 10.0 Å². The lowest BCUT2D eigenvalue weighted by molar-refractivity contribution is 0.490. The van der Waals surface area contributed by atoms with Gasteiger partial charge in [0.15, 0.2) is 0 Å². The second-order valence-corrected chi connectivity index (χ2v) is 9.21. The van der Waals surface area contributed by atoms with Gasteiger partial charge in [-0.15, -0.1) is 0 Å². The Bertz CT molecular complexity index is 817. The van der Waals surface area contributed by atoms with E-state index < -0.39 is 15.6 Å². The van der Waals surface area contributed by atoms with Crippen molar-refractivity contribution in [2.45, 2.75) is 58.1 Å². The molecule has 2 N–H and O–H groups in total. The predicted molar refractivity (Wildman–Crippen MR) is 103 cm³/mol. The summed E-state index contributed by atoms with van der Waals surface area (Å²) >= 11 is 0. The molecule has 2 aromatic carbocycles. The van der Waals surface area contributed by atoms with Gasteiger partial charge in [-0.1, -0.05) is 47.5 Å². The first kappa shape index (κ1) is 19.6. The van der Waals surface area contributed by atoms with Crippen LogP contribution in [-0.2, 0) is 23.1 Å². The van der Waals surface area contributed by atoms with Crippen LogP contribution in [0.4, 0.5) is 0 Å². The van der Waals surface area contributed by atoms with Gasteiger partial charge in [-0.2, -0.15) is 0 Å². The molecule has 5 heteroatoms. The Balaban J connectivity index is 2.13. The average molecular weight is 361 g/mol. The van der Waals surface area contributed by atoms with Gasteiger partial charge in [-0.25, -0.2) is 13.1 Å². The van der Waals surface area contributed by atoms with Crippen LogP contribution < -0.4 is 10.0 Å². The molecule has 25 heavy (non-hydrogen) atoms. The van der Waals surface area contributed by atoms with Crippen molar-refractivity contribution in [1.82, 2.24) is 10.0 Å². The lowest BCUT2D eigenvalue weighted by Gasteiger charge is -2.21. The van der Waals surface area contributed by atoms with Crippen LogP contribution >= 0.6 is 0 Å². The number of hydrogen-bond donors (Lipinski definition) is 2. The summed E-state index contributed by atoms with van der Waals surface area (Å²) in [5, 5.41) is 3.36. The Morgan fingerprint density at radius 2 is 1.52 bits per heavy atom. The maximum atomic E-state index is 12.7. The lowest BCUT2D eigenvalue weighted by atomic mass is 10.1. The molecule has 0 radical (unpaired) electrons. The molecule has 2 aromatic rings. The zero-order chi connectivity index (χ0) is 18.7. The lowest BCUT2D eigenvalue weighted by Crippen LogP contribution is -2.40. The Morgan fingerprint density at radius 3 is 2.12 bits per heavy atom. The van der Waals surface area contributed by atoms with Crippen LogP contribution in [0.5, 0.6) is 0 Å². The van der Waals surface area contributed by atoms with Gasteiger partial charge < -0.3 is 5.32 Å². The van der Waals surface area contributed by atoms with Crippen LogP contribution in [0.15, 0.2) is 47.4 Å². The molecule has 0 spiro atoms. The molecule has 0 saturated carbocycles. The molecule has 136 valence electrons. The molecule has 0 heterocycles. The molecule has 0 aromatic heterocycles. The first-order chi connectivity index (χ1) is 11.6. The minimum atomic E-state index is -3.55. The van der Waals surface area contributed by atoms with E-state index in [2.05, 4.69) is 42.1 Å². The van der Waals surface area contributed by atoms with Gasteiger partial charge in [0.05, 0.1) is 4.90 Å². The number of hydrogen-bond acceptors (Lipinski definition) is 3. The summed E-state index contributed by atoms with van der Waals surface area (Å²) in [6.07, 6.45) is 0. The molecule has 0 amide bonds. The number of nitrogens with one attached hydrogen (secondary N) is 2. The zero-order valence-electron chi connectivity index (χ0n) is 15.7. The van der Waals surface area contributed by atoms with Gasteiger partial charge in [0, 0.05) is 18.6 Å². The summed E-state index contributed by atoms with van der Waals surface area (Å²) in [6, 6.07) is 13.6. The van der Waals surface area contributed by atoms with Crippen molar-refractivity contribution < 1.29 is 8.42 Å². The summed E-state index contributed by atoms with van der Waals surface area (Å²) in [7, 11) is -3.55. The third-order valence-electron chi connectivity index (χ3n) is 3.63. The predicted octanol–water partition coefficient (Wildman–Crippen LogP) is 3.67. The van der Waals surface area contributed by atoms with Crippen molar-refractivity contribution in [3.8, 4) is 0 Å². The Hall–Kier alpha value is -1.69. The highest BCUT2D eigenvalue weighted by Crippen LogP contribution is 2.18. The van der Waals surface area contributed by atoms with E-state index in [9.17, 15) is 8.42 Å². The van der Waals surface area contributed by atoms with Crippen molar-refractivity contribution in [1.29, 1.82) is 0 Å². The van der Waals surface area contributed by atoms with Crippen LogP contribution in [0.3, 0.4) is 0 Å². The molecule has 4 nitrogen and oxygen atoms in total. The first-order valence-electron chi connectivity index (χ1n) is 8.47. The van der Waals surface area contributed by atoms with Crippen LogP contribution in [-0.4, -0.2) is 14.0 Å². The fourth-order valence-corrected chi connectivity index (χ4v) is 4.54. The molecule has 0 unspecified atom stereocenters. The van der Waals surface area contributed by atoms with Gasteiger partial charge in [-0.3, -0.25) is 0 Å². The molecule has 0 atom stereocenters. The second kappa shape index (κ2) is 7.68. The Morgan fingerprint density at radius 1 is 0.920 bits per heavy atom. The average Bonchev–Trinajstić information content (AvgIpc) is 2.44. The molecule has 0 aliphatic carbocycles. The highest BCUT2D eigenvalue weighted by molar-refractivity contribution is 7.89. The minimum Gasteiger partial charge on any atom is -0.309 e. The van der Waals surface area contributed by atoms with E-state index in [1.807, 2.05) is 32.9 Å². The van der Waals surface area contributed by atoms with Gasteiger partial charge in [0.1, 0.15) is 0 Å². The summed E-state index contributed by atoms with van der Waals surface area (Å²) in [4.78, 5) is 0.331. The standard InChI is InChI=1S/C20H28N2O2S/c1-15-10-16(2)12-17(11-15)13-21-14-18-8-6-7-9-19(18)25(23,24)22-20(3,4)5/h6-12,21-22H,13-14H2,1-5H3. The summed E-state index contributed by atoms with van der Waals surface area (Å²) in [5.41, 5.74) is 3.91.